The summed E-state index contributed by atoms with van der Waals surface area (Å²) < 4.78 is 12.2. The zero-order chi connectivity index (χ0) is 22.2. The highest BCUT2D eigenvalue weighted by Crippen LogP contribution is 2.38. The zero-order valence-corrected chi connectivity index (χ0v) is 19.6. The van der Waals surface area contributed by atoms with Crippen LogP contribution in [0.1, 0.15) is 39.7 Å². The first-order valence-corrected chi connectivity index (χ1v) is 11.8. The molecular formula is C25H25BrN2O4. The summed E-state index contributed by atoms with van der Waals surface area (Å²) in [4.78, 5) is 31.2. The molecule has 6 nitrogen and oxygen atoms in total. The van der Waals surface area contributed by atoms with Crippen LogP contribution in [0.3, 0.4) is 0 Å². The third kappa shape index (κ3) is 3.89. The lowest BCUT2D eigenvalue weighted by Crippen LogP contribution is -2.38. The number of morpholine rings is 1. The predicted molar refractivity (Wildman–Crippen MR) is 126 cm³/mol. The minimum absolute atomic E-state index is 0.142. The van der Waals surface area contributed by atoms with Crippen molar-refractivity contribution < 1.29 is 13.9 Å². The number of carbonyl (C=O) groups is 1. The van der Waals surface area contributed by atoms with Crippen LogP contribution in [0.5, 0.6) is 0 Å². The molecule has 1 fully saturated rings. The number of benzene rings is 2. The molecule has 1 saturated heterocycles. The number of halogens is 1. The lowest BCUT2D eigenvalue weighted by molar-refractivity contribution is 0.0353. The second kappa shape index (κ2) is 8.81. The Morgan fingerprint density at radius 3 is 2.53 bits per heavy atom. The Bertz CT molecular complexity index is 1220. The van der Waals surface area contributed by atoms with Gasteiger partial charge in [0.2, 0.25) is 5.76 Å². The van der Waals surface area contributed by atoms with Crippen LogP contribution in [0.15, 0.2) is 56.1 Å². The maximum absolute atomic E-state index is 13.6. The van der Waals surface area contributed by atoms with Gasteiger partial charge >= 0.3 is 0 Å². The Morgan fingerprint density at radius 2 is 1.78 bits per heavy atom. The van der Waals surface area contributed by atoms with Crippen molar-refractivity contribution >= 4 is 32.8 Å². The molecule has 0 radical (unpaired) electrons. The molecule has 166 valence electrons. The Balaban J connectivity index is 1.53. The average molecular weight is 497 g/mol. The monoisotopic (exact) mass is 496 g/mol. The van der Waals surface area contributed by atoms with Crippen LogP contribution < -0.4 is 5.43 Å². The lowest BCUT2D eigenvalue weighted by Gasteiger charge is -2.29. The number of fused-ring (bicyclic) bond motifs is 2. The average Bonchev–Trinajstić information content (AvgIpc) is 3.08. The first-order chi connectivity index (χ1) is 15.5. The zero-order valence-electron chi connectivity index (χ0n) is 18.0. The fourth-order valence-electron chi connectivity index (χ4n) is 4.61. The van der Waals surface area contributed by atoms with Gasteiger partial charge in [0.15, 0.2) is 5.43 Å². The van der Waals surface area contributed by atoms with E-state index in [2.05, 4.69) is 20.8 Å². The molecule has 5 rings (SSSR count). The van der Waals surface area contributed by atoms with Gasteiger partial charge in [0.05, 0.1) is 30.2 Å². The van der Waals surface area contributed by atoms with Gasteiger partial charge in [0, 0.05) is 30.7 Å². The largest absolute Gasteiger partial charge is 0.450 e. The molecule has 2 aromatic carbocycles. The van der Waals surface area contributed by atoms with Gasteiger partial charge in [0.25, 0.3) is 5.91 Å². The summed E-state index contributed by atoms with van der Waals surface area (Å²) >= 11 is 3.44. The molecule has 1 amide bonds. The summed E-state index contributed by atoms with van der Waals surface area (Å²) in [6.07, 6.45) is 0.821. The van der Waals surface area contributed by atoms with Crippen LogP contribution in [-0.4, -0.2) is 55.1 Å². The van der Waals surface area contributed by atoms with E-state index >= 15 is 0 Å². The van der Waals surface area contributed by atoms with E-state index in [1.165, 1.54) is 0 Å². The summed E-state index contributed by atoms with van der Waals surface area (Å²) in [6, 6.07) is 12.9. The number of hydrogen-bond acceptors (Lipinski definition) is 5. The predicted octanol–water partition coefficient (Wildman–Crippen LogP) is 4.13. The third-order valence-corrected chi connectivity index (χ3v) is 6.79. The Morgan fingerprint density at radius 1 is 1.03 bits per heavy atom. The standard InChI is InChI=1S/C25H25BrN2O4/c1-16-3-5-17(6-4-16)22-21-23(29)19-15-18(26)7-8-20(19)32-24(21)25(30)28(22)10-2-9-27-11-13-31-14-12-27/h3-8,15,22H,2,9-14H2,1H3/t22-/m0/s1. The summed E-state index contributed by atoms with van der Waals surface area (Å²) in [5.74, 6) is -0.0451. The number of carbonyl (C=O) groups excluding carboxylic acids is 1. The van der Waals surface area contributed by atoms with Crippen LogP contribution in [0.4, 0.5) is 0 Å². The van der Waals surface area contributed by atoms with E-state index in [0.717, 1.165) is 54.9 Å². The fraction of sp³-hybridized carbons (Fsp3) is 0.360. The van der Waals surface area contributed by atoms with Gasteiger partial charge in [-0.2, -0.15) is 0 Å². The first kappa shape index (κ1) is 21.4. The van der Waals surface area contributed by atoms with Crippen molar-refractivity contribution in [3.05, 3.63) is 79.6 Å². The van der Waals surface area contributed by atoms with E-state index in [1.807, 2.05) is 37.3 Å². The number of hydrogen-bond donors (Lipinski definition) is 0. The summed E-state index contributed by atoms with van der Waals surface area (Å²) in [7, 11) is 0. The van der Waals surface area contributed by atoms with Crippen LogP contribution in [0.25, 0.3) is 11.0 Å². The van der Waals surface area contributed by atoms with E-state index in [9.17, 15) is 9.59 Å². The topological polar surface area (TPSA) is 63.0 Å². The Kier molecular flexibility index (Phi) is 5.88. The molecule has 0 saturated carbocycles. The van der Waals surface area contributed by atoms with E-state index in [1.54, 1.807) is 17.0 Å². The number of ether oxygens (including phenoxy) is 1. The van der Waals surface area contributed by atoms with Crippen molar-refractivity contribution in [2.45, 2.75) is 19.4 Å². The molecule has 1 aromatic heterocycles. The van der Waals surface area contributed by atoms with Gasteiger partial charge in [-0.1, -0.05) is 45.8 Å². The molecule has 0 bridgehead atoms. The SMILES string of the molecule is Cc1ccc([C@H]2c3c(oc4ccc(Br)cc4c3=O)C(=O)N2CCCN2CCOCC2)cc1. The lowest BCUT2D eigenvalue weighted by atomic mass is 9.97. The highest BCUT2D eigenvalue weighted by atomic mass is 79.9. The molecule has 0 spiro atoms. The Labute approximate surface area is 194 Å². The maximum atomic E-state index is 13.6. The molecule has 1 atom stereocenters. The quantitative estimate of drug-likeness (QED) is 0.531. The Hall–Kier alpha value is -2.48. The first-order valence-electron chi connectivity index (χ1n) is 11.0. The van der Waals surface area contributed by atoms with Crippen molar-refractivity contribution in [1.82, 2.24) is 9.80 Å². The molecule has 0 N–H and O–H groups in total. The smallest absolute Gasteiger partial charge is 0.290 e. The van der Waals surface area contributed by atoms with Gasteiger partial charge in [-0.05, 0) is 37.1 Å². The van der Waals surface area contributed by atoms with E-state index in [-0.39, 0.29) is 17.1 Å². The summed E-state index contributed by atoms with van der Waals surface area (Å²) in [5.41, 5.74) is 2.79. The molecule has 0 aliphatic carbocycles. The molecule has 3 aromatic rings. The number of rotatable bonds is 5. The summed E-state index contributed by atoms with van der Waals surface area (Å²) in [6.45, 7) is 6.79. The molecular weight excluding hydrogens is 472 g/mol. The van der Waals surface area contributed by atoms with Crippen LogP contribution in [-0.2, 0) is 4.74 Å². The molecule has 3 heterocycles. The number of amides is 1. The molecule has 2 aliphatic rings. The van der Waals surface area contributed by atoms with E-state index in [0.29, 0.717) is 23.1 Å². The fourth-order valence-corrected chi connectivity index (χ4v) is 4.97. The van der Waals surface area contributed by atoms with Crippen molar-refractivity contribution in [1.29, 1.82) is 0 Å². The third-order valence-electron chi connectivity index (χ3n) is 6.30. The van der Waals surface area contributed by atoms with Gasteiger partial charge in [-0.25, -0.2) is 0 Å². The van der Waals surface area contributed by atoms with Crippen LogP contribution >= 0.6 is 15.9 Å². The molecule has 2 aliphatic heterocycles. The second-order valence-corrected chi connectivity index (χ2v) is 9.35. The van der Waals surface area contributed by atoms with E-state index in [4.69, 9.17) is 9.15 Å². The summed E-state index contributed by atoms with van der Waals surface area (Å²) in [5, 5.41) is 0.484. The van der Waals surface area contributed by atoms with Crippen molar-refractivity contribution in [3.8, 4) is 0 Å². The van der Waals surface area contributed by atoms with Gasteiger partial charge in [0.1, 0.15) is 5.58 Å². The number of aryl methyl sites for hydroxylation is 1. The highest BCUT2D eigenvalue weighted by molar-refractivity contribution is 9.10. The van der Waals surface area contributed by atoms with Crippen molar-refractivity contribution in [3.63, 3.8) is 0 Å². The van der Waals surface area contributed by atoms with Crippen LogP contribution in [0, 0.1) is 6.92 Å². The van der Waals surface area contributed by atoms with Crippen LogP contribution in [0.2, 0.25) is 0 Å². The van der Waals surface area contributed by atoms with E-state index < -0.39 is 6.04 Å². The minimum Gasteiger partial charge on any atom is -0.450 e. The minimum atomic E-state index is -0.442. The van der Waals surface area contributed by atoms with Crippen molar-refractivity contribution in [2.24, 2.45) is 0 Å². The number of nitrogens with zero attached hydrogens (tertiary/aromatic N) is 2. The molecule has 0 unspecified atom stereocenters. The highest BCUT2D eigenvalue weighted by Gasteiger charge is 2.42. The van der Waals surface area contributed by atoms with Gasteiger partial charge in [-0.15, -0.1) is 0 Å². The van der Waals surface area contributed by atoms with Gasteiger partial charge < -0.3 is 14.1 Å². The van der Waals surface area contributed by atoms with Crippen molar-refractivity contribution in [2.75, 3.05) is 39.4 Å². The van der Waals surface area contributed by atoms with Gasteiger partial charge in [-0.3, -0.25) is 14.5 Å². The molecule has 7 heteroatoms. The normalized spacial score (nSPS) is 19.0. The maximum Gasteiger partial charge on any atom is 0.290 e. The molecule has 32 heavy (non-hydrogen) atoms. The second-order valence-electron chi connectivity index (χ2n) is 8.43.